The molecule has 0 fully saturated rings. The molecule has 15 heavy (non-hydrogen) atoms. The number of carboxylic acids is 1. The Balaban J connectivity index is 2.79. The van der Waals surface area contributed by atoms with Crippen molar-refractivity contribution in [2.75, 3.05) is 5.32 Å². The van der Waals surface area contributed by atoms with E-state index in [0.717, 1.165) is 18.5 Å². The zero-order valence-corrected chi connectivity index (χ0v) is 9.16. The number of hydrogen-bond donors (Lipinski definition) is 2. The number of aryl methyl sites for hydroxylation is 1. The van der Waals surface area contributed by atoms with Crippen LogP contribution in [0.4, 0.5) is 5.69 Å². The smallest absolute Gasteiger partial charge is 0.325 e. The van der Waals surface area contributed by atoms with E-state index in [0.29, 0.717) is 0 Å². The Morgan fingerprint density at radius 3 is 2.73 bits per heavy atom. The van der Waals surface area contributed by atoms with Crippen molar-refractivity contribution in [1.29, 1.82) is 0 Å². The van der Waals surface area contributed by atoms with Crippen molar-refractivity contribution >= 4 is 11.7 Å². The molecule has 0 aliphatic carbocycles. The molecule has 0 radical (unpaired) electrons. The molecule has 0 spiro atoms. The summed E-state index contributed by atoms with van der Waals surface area (Å²) in [4.78, 5) is 10.7. The molecule has 0 amide bonds. The summed E-state index contributed by atoms with van der Waals surface area (Å²) in [6, 6.07) is 7.28. The molecule has 0 saturated carbocycles. The number of carboxylic acid groups (broad SMARTS) is 1. The second kappa shape index (κ2) is 5.39. The van der Waals surface area contributed by atoms with Gasteiger partial charge < -0.3 is 10.4 Å². The van der Waals surface area contributed by atoms with Crippen molar-refractivity contribution in [2.24, 2.45) is 0 Å². The van der Waals surface area contributed by atoms with Gasteiger partial charge in [-0.05, 0) is 25.0 Å². The molecule has 1 aromatic rings. The summed E-state index contributed by atoms with van der Waals surface area (Å²) < 4.78 is 0. The summed E-state index contributed by atoms with van der Waals surface area (Å²) in [6.07, 6.45) is 2.02. The minimum Gasteiger partial charge on any atom is -0.480 e. The molecule has 2 N–H and O–H groups in total. The molecule has 1 rings (SSSR count). The minimum atomic E-state index is -0.832. The standard InChI is InChI=1S/C12H17NO2/c1-3-6-10-7-4-5-8-11(10)13-9(2)12(14)15/h4-5,7-9,13H,3,6H2,1-2H3,(H,14,15)/t9-/m1/s1. The summed E-state index contributed by atoms with van der Waals surface area (Å²) in [7, 11) is 0. The number of rotatable bonds is 5. The van der Waals surface area contributed by atoms with Gasteiger partial charge in [-0.25, -0.2) is 0 Å². The van der Waals surface area contributed by atoms with Crippen molar-refractivity contribution < 1.29 is 9.90 Å². The highest BCUT2D eigenvalue weighted by Gasteiger charge is 2.11. The Morgan fingerprint density at radius 1 is 1.47 bits per heavy atom. The SMILES string of the molecule is CCCc1ccccc1N[C@H](C)C(=O)O. The van der Waals surface area contributed by atoms with Crippen LogP contribution in [0.2, 0.25) is 0 Å². The Morgan fingerprint density at radius 2 is 2.13 bits per heavy atom. The number of carbonyl (C=O) groups is 1. The number of para-hydroxylation sites is 1. The quantitative estimate of drug-likeness (QED) is 0.780. The summed E-state index contributed by atoms with van der Waals surface area (Å²) in [5.74, 6) is -0.832. The fourth-order valence-corrected chi connectivity index (χ4v) is 1.44. The fourth-order valence-electron chi connectivity index (χ4n) is 1.44. The summed E-state index contributed by atoms with van der Waals surface area (Å²) in [5, 5.41) is 11.8. The first-order valence-corrected chi connectivity index (χ1v) is 5.22. The van der Waals surface area contributed by atoms with Crippen molar-refractivity contribution in [3.63, 3.8) is 0 Å². The largest absolute Gasteiger partial charge is 0.480 e. The maximum absolute atomic E-state index is 10.7. The maximum Gasteiger partial charge on any atom is 0.325 e. The van der Waals surface area contributed by atoms with Crippen LogP contribution < -0.4 is 5.32 Å². The lowest BCUT2D eigenvalue weighted by atomic mass is 10.1. The molecule has 82 valence electrons. The molecule has 1 atom stereocenters. The molecule has 0 saturated heterocycles. The van der Waals surface area contributed by atoms with Crippen molar-refractivity contribution in [2.45, 2.75) is 32.7 Å². The second-order valence-corrected chi connectivity index (χ2v) is 3.61. The average Bonchev–Trinajstić information content (AvgIpc) is 2.21. The predicted molar refractivity (Wildman–Crippen MR) is 61.2 cm³/mol. The minimum absolute atomic E-state index is 0.553. The monoisotopic (exact) mass is 207 g/mol. The molecule has 0 aliphatic rings. The van der Waals surface area contributed by atoms with Gasteiger partial charge in [0.2, 0.25) is 0 Å². The lowest BCUT2D eigenvalue weighted by Gasteiger charge is -2.14. The fraction of sp³-hybridized carbons (Fsp3) is 0.417. The van der Waals surface area contributed by atoms with E-state index in [9.17, 15) is 4.79 Å². The number of aliphatic carboxylic acids is 1. The highest BCUT2D eigenvalue weighted by atomic mass is 16.4. The number of nitrogens with one attached hydrogen (secondary N) is 1. The van der Waals surface area contributed by atoms with Gasteiger partial charge in [0, 0.05) is 5.69 Å². The first kappa shape index (κ1) is 11.6. The van der Waals surface area contributed by atoms with Crippen molar-refractivity contribution in [3.8, 4) is 0 Å². The third-order valence-electron chi connectivity index (χ3n) is 2.28. The van der Waals surface area contributed by atoms with Crippen LogP contribution in [0.25, 0.3) is 0 Å². The van der Waals surface area contributed by atoms with E-state index in [1.165, 1.54) is 5.56 Å². The van der Waals surface area contributed by atoms with Crippen LogP contribution in [0.3, 0.4) is 0 Å². The Labute approximate surface area is 90.1 Å². The number of hydrogen-bond acceptors (Lipinski definition) is 2. The predicted octanol–water partition coefficient (Wildman–Crippen LogP) is 2.52. The highest BCUT2D eigenvalue weighted by Crippen LogP contribution is 2.17. The summed E-state index contributed by atoms with van der Waals surface area (Å²) in [5.41, 5.74) is 2.10. The lowest BCUT2D eigenvalue weighted by molar-refractivity contribution is -0.137. The number of anilines is 1. The van der Waals surface area contributed by atoms with Crippen LogP contribution in [-0.2, 0) is 11.2 Å². The highest BCUT2D eigenvalue weighted by molar-refractivity contribution is 5.77. The molecular formula is C12H17NO2. The van der Waals surface area contributed by atoms with Gasteiger partial charge in [0.15, 0.2) is 0 Å². The molecule has 0 heterocycles. The molecule has 3 heteroatoms. The first-order valence-electron chi connectivity index (χ1n) is 5.22. The second-order valence-electron chi connectivity index (χ2n) is 3.61. The van der Waals surface area contributed by atoms with Gasteiger partial charge in [-0.15, -0.1) is 0 Å². The Bertz CT molecular complexity index is 336. The zero-order chi connectivity index (χ0) is 11.3. The molecule has 0 aromatic heterocycles. The van der Waals surface area contributed by atoms with Crippen LogP contribution in [0.5, 0.6) is 0 Å². The lowest BCUT2D eigenvalue weighted by Crippen LogP contribution is -2.25. The van der Waals surface area contributed by atoms with Crippen LogP contribution >= 0.6 is 0 Å². The topological polar surface area (TPSA) is 49.3 Å². The van der Waals surface area contributed by atoms with E-state index >= 15 is 0 Å². The van der Waals surface area contributed by atoms with E-state index in [1.807, 2.05) is 24.3 Å². The normalized spacial score (nSPS) is 12.1. The van der Waals surface area contributed by atoms with E-state index in [-0.39, 0.29) is 0 Å². The van der Waals surface area contributed by atoms with Gasteiger partial charge in [0.25, 0.3) is 0 Å². The van der Waals surface area contributed by atoms with Crippen LogP contribution in [0.15, 0.2) is 24.3 Å². The van der Waals surface area contributed by atoms with Gasteiger partial charge in [-0.3, -0.25) is 4.79 Å². The van der Waals surface area contributed by atoms with E-state index in [4.69, 9.17) is 5.11 Å². The van der Waals surface area contributed by atoms with Crippen LogP contribution in [-0.4, -0.2) is 17.1 Å². The average molecular weight is 207 g/mol. The number of benzene rings is 1. The van der Waals surface area contributed by atoms with Gasteiger partial charge >= 0.3 is 5.97 Å². The molecule has 3 nitrogen and oxygen atoms in total. The van der Waals surface area contributed by atoms with Crippen LogP contribution in [0.1, 0.15) is 25.8 Å². The van der Waals surface area contributed by atoms with Crippen molar-refractivity contribution in [3.05, 3.63) is 29.8 Å². The van der Waals surface area contributed by atoms with Crippen LogP contribution in [0, 0.1) is 0 Å². The van der Waals surface area contributed by atoms with E-state index in [2.05, 4.69) is 12.2 Å². The Kier molecular flexibility index (Phi) is 4.16. The summed E-state index contributed by atoms with van der Waals surface area (Å²) in [6.45, 7) is 3.75. The molecule has 1 aromatic carbocycles. The summed E-state index contributed by atoms with van der Waals surface area (Å²) >= 11 is 0. The van der Waals surface area contributed by atoms with E-state index in [1.54, 1.807) is 6.92 Å². The first-order chi connectivity index (χ1) is 7.15. The van der Waals surface area contributed by atoms with Crippen molar-refractivity contribution in [1.82, 2.24) is 0 Å². The maximum atomic E-state index is 10.7. The molecule has 0 unspecified atom stereocenters. The molecule has 0 bridgehead atoms. The zero-order valence-electron chi connectivity index (χ0n) is 9.16. The molecule has 0 aliphatic heterocycles. The van der Waals surface area contributed by atoms with Gasteiger partial charge in [-0.2, -0.15) is 0 Å². The molecular weight excluding hydrogens is 190 g/mol. The van der Waals surface area contributed by atoms with Gasteiger partial charge in [0.05, 0.1) is 0 Å². The third-order valence-corrected chi connectivity index (χ3v) is 2.28. The third kappa shape index (κ3) is 3.27. The van der Waals surface area contributed by atoms with E-state index < -0.39 is 12.0 Å². The van der Waals surface area contributed by atoms with Gasteiger partial charge in [0.1, 0.15) is 6.04 Å². The Hall–Kier alpha value is -1.51. The van der Waals surface area contributed by atoms with Gasteiger partial charge in [-0.1, -0.05) is 31.5 Å².